The molecule has 0 N–H and O–H groups in total. The van der Waals surface area contributed by atoms with Crippen molar-refractivity contribution in [2.24, 2.45) is 0 Å². The average molecular weight is 487 g/mol. The maximum Gasteiger partial charge on any atom is 0.416 e. The largest absolute Gasteiger partial charge is 0.487 e. The van der Waals surface area contributed by atoms with Crippen LogP contribution in [0, 0.1) is 5.82 Å². The second kappa shape index (κ2) is 10.9. The lowest BCUT2D eigenvalue weighted by Crippen LogP contribution is -2.05. The zero-order valence-corrected chi connectivity index (χ0v) is 18.5. The van der Waals surface area contributed by atoms with Crippen LogP contribution in [0.25, 0.3) is 12.2 Å². The van der Waals surface area contributed by atoms with Gasteiger partial charge in [0.05, 0.1) is 12.1 Å². The first-order valence-electron chi connectivity index (χ1n) is 10.8. The van der Waals surface area contributed by atoms with E-state index in [4.69, 9.17) is 9.15 Å². The van der Waals surface area contributed by atoms with Crippen LogP contribution >= 0.6 is 0 Å². The molecule has 11 heteroatoms. The minimum absolute atomic E-state index is 0.0100. The van der Waals surface area contributed by atoms with Crippen LogP contribution in [0.1, 0.15) is 41.1 Å². The van der Waals surface area contributed by atoms with Crippen molar-refractivity contribution in [1.29, 1.82) is 0 Å². The molecule has 0 aliphatic rings. The third kappa shape index (κ3) is 6.98. The van der Waals surface area contributed by atoms with E-state index >= 15 is 0 Å². The summed E-state index contributed by atoms with van der Waals surface area (Å²) in [5.74, 6) is -0.131. The first kappa shape index (κ1) is 24.1. The lowest BCUT2D eigenvalue weighted by atomic mass is 10.1. The number of halogens is 4. The predicted octanol–water partition coefficient (Wildman–Crippen LogP) is 5.59. The van der Waals surface area contributed by atoms with Gasteiger partial charge in [-0.05, 0) is 60.4 Å². The molecule has 0 saturated carbocycles. The molecule has 4 rings (SSSR count). The number of hydrogen-bond donors (Lipinski definition) is 0. The molecule has 0 unspecified atom stereocenters. The van der Waals surface area contributed by atoms with E-state index in [0.29, 0.717) is 17.5 Å². The van der Waals surface area contributed by atoms with Gasteiger partial charge in [-0.15, -0.1) is 10.2 Å². The Morgan fingerprint density at radius 2 is 1.86 bits per heavy atom. The zero-order chi connectivity index (χ0) is 24.7. The number of hydrogen-bond acceptors (Lipinski definition) is 6. The van der Waals surface area contributed by atoms with Gasteiger partial charge in [0.1, 0.15) is 30.1 Å². The van der Waals surface area contributed by atoms with Crippen molar-refractivity contribution in [2.75, 3.05) is 0 Å². The third-order valence-corrected chi connectivity index (χ3v) is 5.08. The van der Waals surface area contributed by atoms with Crippen LogP contribution in [0.5, 0.6) is 5.75 Å². The van der Waals surface area contributed by atoms with E-state index in [-0.39, 0.29) is 18.1 Å². The fourth-order valence-corrected chi connectivity index (χ4v) is 3.25. The standard InChI is InChI=1S/C24H21F4N5O2/c25-22-13-19(24(26,27)28)8-6-18(22)7-11-23-31-20(15-35-23)14-34-21-9-4-17(5-10-21)3-1-2-12-33-30-16-29-32-33/h4-11,13,15-16H,1-3,12,14H2. The summed E-state index contributed by atoms with van der Waals surface area (Å²) in [6, 6.07) is 10.1. The highest BCUT2D eigenvalue weighted by molar-refractivity contribution is 5.66. The van der Waals surface area contributed by atoms with E-state index in [2.05, 4.69) is 20.4 Å². The Hall–Kier alpha value is -4.02. The molecule has 0 fully saturated rings. The van der Waals surface area contributed by atoms with Crippen molar-refractivity contribution in [2.45, 2.75) is 38.6 Å². The highest BCUT2D eigenvalue weighted by Gasteiger charge is 2.30. The fourth-order valence-electron chi connectivity index (χ4n) is 3.25. The Morgan fingerprint density at radius 1 is 1.03 bits per heavy atom. The smallest absolute Gasteiger partial charge is 0.416 e. The summed E-state index contributed by atoms with van der Waals surface area (Å²) in [4.78, 5) is 5.78. The maximum atomic E-state index is 13.9. The molecule has 2 aromatic carbocycles. The van der Waals surface area contributed by atoms with Gasteiger partial charge in [-0.25, -0.2) is 9.37 Å². The summed E-state index contributed by atoms with van der Waals surface area (Å²) in [5.41, 5.74) is 0.650. The summed E-state index contributed by atoms with van der Waals surface area (Å²) in [5, 5.41) is 11.5. The summed E-state index contributed by atoms with van der Waals surface area (Å²) in [6.07, 6.45) is 3.76. The van der Waals surface area contributed by atoms with Crippen molar-refractivity contribution in [3.8, 4) is 5.75 Å². The Kier molecular flexibility index (Phi) is 7.54. The Morgan fingerprint density at radius 3 is 2.57 bits per heavy atom. The van der Waals surface area contributed by atoms with Crippen molar-refractivity contribution >= 4 is 12.2 Å². The van der Waals surface area contributed by atoms with Gasteiger partial charge in [0.25, 0.3) is 0 Å². The van der Waals surface area contributed by atoms with E-state index in [1.165, 1.54) is 30.3 Å². The lowest BCUT2D eigenvalue weighted by Gasteiger charge is -2.07. The number of aromatic nitrogens is 5. The molecule has 0 saturated heterocycles. The van der Waals surface area contributed by atoms with Gasteiger partial charge in [0, 0.05) is 11.6 Å². The molecule has 0 bridgehead atoms. The van der Waals surface area contributed by atoms with Crippen LogP contribution in [0.2, 0.25) is 0 Å². The molecule has 2 aromatic heterocycles. The first-order valence-corrected chi connectivity index (χ1v) is 10.8. The summed E-state index contributed by atoms with van der Waals surface area (Å²) >= 11 is 0. The fraction of sp³-hybridized carbons (Fsp3) is 0.250. The second-order valence-electron chi connectivity index (χ2n) is 7.67. The number of benzene rings is 2. The van der Waals surface area contributed by atoms with Crippen LogP contribution < -0.4 is 4.74 Å². The van der Waals surface area contributed by atoms with Gasteiger partial charge in [0.2, 0.25) is 5.89 Å². The Balaban J connectivity index is 1.24. The number of rotatable bonds is 10. The molecule has 0 aliphatic heterocycles. The quantitative estimate of drug-likeness (QED) is 0.214. The number of oxazole rings is 1. The molecule has 0 amide bonds. The molecule has 0 spiro atoms. The van der Waals surface area contributed by atoms with Crippen molar-refractivity contribution in [3.05, 3.63) is 89.1 Å². The van der Waals surface area contributed by atoms with Crippen LogP contribution in [0.15, 0.2) is 59.5 Å². The molecule has 0 radical (unpaired) electrons. The number of nitrogens with zero attached hydrogens (tertiary/aromatic N) is 5. The summed E-state index contributed by atoms with van der Waals surface area (Å²) in [7, 11) is 0. The summed E-state index contributed by atoms with van der Waals surface area (Å²) in [6.45, 7) is 0.894. The Bertz CT molecular complexity index is 1250. The van der Waals surface area contributed by atoms with Gasteiger partial charge in [-0.3, -0.25) is 0 Å². The molecule has 2 heterocycles. The molecule has 7 nitrogen and oxygen atoms in total. The van der Waals surface area contributed by atoms with Crippen LogP contribution in [-0.2, 0) is 25.7 Å². The molecular formula is C24H21F4N5O2. The Labute approximate surface area is 198 Å². The third-order valence-electron chi connectivity index (χ3n) is 5.08. The number of alkyl halides is 3. The topological polar surface area (TPSA) is 78.9 Å². The normalized spacial score (nSPS) is 11.9. The number of ether oxygens (including phenoxy) is 1. The molecule has 35 heavy (non-hydrogen) atoms. The van der Waals surface area contributed by atoms with Gasteiger partial charge < -0.3 is 9.15 Å². The molecule has 182 valence electrons. The van der Waals surface area contributed by atoms with E-state index in [0.717, 1.165) is 37.9 Å². The lowest BCUT2D eigenvalue weighted by molar-refractivity contribution is -0.137. The first-order chi connectivity index (χ1) is 16.9. The minimum Gasteiger partial charge on any atom is -0.487 e. The summed E-state index contributed by atoms with van der Waals surface area (Å²) < 4.78 is 62.9. The number of aryl methyl sites for hydroxylation is 2. The number of tetrazole rings is 1. The van der Waals surface area contributed by atoms with Crippen molar-refractivity contribution < 1.29 is 26.7 Å². The molecule has 0 atom stereocenters. The average Bonchev–Trinajstić information content (AvgIpc) is 3.52. The van der Waals surface area contributed by atoms with E-state index < -0.39 is 17.6 Å². The van der Waals surface area contributed by atoms with E-state index in [9.17, 15) is 17.6 Å². The zero-order valence-electron chi connectivity index (χ0n) is 18.5. The van der Waals surface area contributed by atoms with Gasteiger partial charge in [-0.1, -0.05) is 18.2 Å². The molecule has 4 aromatic rings. The van der Waals surface area contributed by atoms with E-state index in [1.54, 1.807) is 4.80 Å². The van der Waals surface area contributed by atoms with E-state index in [1.807, 2.05) is 24.3 Å². The number of unbranched alkanes of at least 4 members (excludes halogenated alkanes) is 1. The molecule has 0 aliphatic carbocycles. The van der Waals surface area contributed by atoms with Crippen molar-refractivity contribution in [1.82, 2.24) is 25.2 Å². The highest BCUT2D eigenvalue weighted by atomic mass is 19.4. The van der Waals surface area contributed by atoms with Gasteiger partial charge in [-0.2, -0.15) is 18.0 Å². The van der Waals surface area contributed by atoms with Crippen molar-refractivity contribution in [3.63, 3.8) is 0 Å². The predicted molar refractivity (Wildman–Crippen MR) is 118 cm³/mol. The molecular weight excluding hydrogens is 466 g/mol. The van der Waals surface area contributed by atoms with Gasteiger partial charge >= 0.3 is 6.18 Å². The monoisotopic (exact) mass is 487 g/mol. The van der Waals surface area contributed by atoms with Crippen LogP contribution in [-0.4, -0.2) is 25.2 Å². The minimum atomic E-state index is -4.60. The SMILES string of the molecule is Fc1cc(C(F)(F)F)ccc1C=Cc1nc(COc2ccc(CCCCn3ncnn3)cc2)co1. The second-order valence-corrected chi connectivity index (χ2v) is 7.67. The maximum absolute atomic E-state index is 13.9. The van der Waals surface area contributed by atoms with Crippen LogP contribution in [0.4, 0.5) is 17.6 Å². The van der Waals surface area contributed by atoms with Gasteiger partial charge in [0.15, 0.2) is 6.33 Å². The van der Waals surface area contributed by atoms with Crippen LogP contribution in [0.3, 0.4) is 0 Å². The highest BCUT2D eigenvalue weighted by Crippen LogP contribution is 2.30.